The van der Waals surface area contributed by atoms with Crippen molar-refractivity contribution in [3.8, 4) is 11.3 Å². The van der Waals surface area contributed by atoms with Gasteiger partial charge in [0.2, 0.25) is 0 Å². The number of pyridine rings is 1. The zero-order chi connectivity index (χ0) is 21.4. The van der Waals surface area contributed by atoms with E-state index in [9.17, 15) is 4.79 Å². The summed E-state index contributed by atoms with van der Waals surface area (Å²) in [5.74, 6) is 0.0430. The molecule has 1 aliphatic heterocycles. The fourth-order valence-corrected chi connectivity index (χ4v) is 4.14. The molecule has 4 aromatic rings. The zero-order valence-electron chi connectivity index (χ0n) is 17.8. The molecule has 3 heterocycles. The van der Waals surface area contributed by atoms with Gasteiger partial charge in [-0.05, 0) is 25.1 Å². The van der Waals surface area contributed by atoms with Gasteiger partial charge in [-0.1, -0.05) is 48.0 Å². The number of aryl methyl sites for hydroxylation is 2. The molecule has 1 fully saturated rings. The van der Waals surface area contributed by atoms with E-state index in [4.69, 9.17) is 4.98 Å². The smallest absolute Gasteiger partial charge is 0.254 e. The van der Waals surface area contributed by atoms with E-state index in [0.717, 1.165) is 35.4 Å². The molecule has 6 nitrogen and oxygen atoms in total. The Morgan fingerprint density at radius 2 is 1.65 bits per heavy atom. The number of hydrogen-bond acceptors (Lipinski definition) is 4. The van der Waals surface area contributed by atoms with Crippen LogP contribution in [0.15, 0.2) is 66.9 Å². The number of fused-ring (bicyclic) bond motifs is 1. The third kappa shape index (κ3) is 3.65. The van der Waals surface area contributed by atoms with Gasteiger partial charge in [0.25, 0.3) is 5.91 Å². The van der Waals surface area contributed by atoms with Crippen molar-refractivity contribution in [1.29, 1.82) is 0 Å². The second kappa shape index (κ2) is 7.87. The number of nitrogens with zero attached hydrogens (tertiary/aromatic N) is 5. The summed E-state index contributed by atoms with van der Waals surface area (Å²) in [4.78, 5) is 22.6. The molecule has 0 unspecified atom stereocenters. The van der Waals surface area contributed by atoms with Crippen molar-refractivity contribution in [3.05, 3.63) is 78.0 Å². The van der Waals surface area contributed by atoms with Crippen molar-refractivity contribution in [2.45, 2.75) is 6.92 Å². The summed E-state index contributed by atoms with van der Waals surface area (Å²) < 4.78 is 1.73. The van der Waals surface area contributed by atoms with Gasteiger partial charge in [0.05, 0.1) is 22.8 Å². The summed E-state index contributed by atoms with van der Waals surface area (Å²) >= 11 is 0. The third-order valence-corrected chi connectivity index (χ3v) is 5.97. The van der Waals surface area contributed by atoms with Crippen LogP contribution in [0.3, 0.4) is 0 Å². The number of hydrogen-bond donors (Lipinski definition) is 0. The normalized spacial score (nSPS) is 14.3. The average Bonchev–Trinajstić information content (AvgIpc) is 3.20. The third-order valence-electron chi connectivity index (χ3n) is 5.97. The van der Waals surface area contributed by atoms with Crippen molar-refractivity contribution in [3.63, 3.8) is 0 Å². The van der Waals surface area contributed by atoms with Crippen LogP contribution in [-0.4, -0.2) is 51.8 Å². The SMILES string of the molecule is Cc1ccc(-c2cc(C(=O)N3CCN(c4ccccc4)CC3)c3cnn(C)c3n2)cc1. The Kier molecular flexibility index (Phi) is 4.90. The number of anilines is 1. The van der Waals surface area contributed by atoms with Gasteiger partial charge in [0.15, 0.2) is 5.65 Å². The first-order valence-electron chi connectivity index (χ1n) is 10.6. The van der Waals surface area contributed by atoms with Crippen LogP contribution in [0, 0.1) is 6.92 Å². The van der Waals surface area contributed by atoms with Crippen LogP contribution in [0.4, 0.5) is 5.69 Å². The van der Waals surface area contributed by atoms with Gasteiger partial charge in [0, 0.05) is 44.5 Å². The lowest BCUT2D eigenvalue weighted by Crippen LogP contribution is -2.48. The maximum atomic E-state index is 13.5. The summed E-state index contributed by atoms with van der Waals surface area (Å²) in [6.45, 7) is 5.09. The summed E-state index contributed by atoms with van der Waals surface area (Å²) in [7, 11) is 1.86. The molecule has 0 bridgehead atoms. The molecule has 1 aliphatic rings. The number of carbonyl (C=O) groups excluding carboxylic acids is 1. The van der Waals surface area contributed by atoms with Gasteiger partial charge in [-0.2, -0.15) is 5.10 Å². The minimum absolute atomic E-state index is 0.0430. The van der Waals surface area contributed by atoms with E-state index < -0.39 is 0 Å². The molecule has 31 heavy (non-hydrogen) atoms. The quantitative estimate of drug-likeness (QED) is 0.513. The Balaban J connectivity index is 1.45. The molecule has 2 aromatic carbocycles. The Hall–Kier alpha value is -3.67. The molecule has 1 amide bonds. The first kappa shape index (κ1) is 19.3. The monoisotopic (exact) mass is 411 g/mol. The van der Waals surface area contributed by atoms with Crippen LogP contribution in [0.5, 0.6) is 0 Å². The predicted octanol–water partition coefficient (Wildman–Crippen LogP) is 3.91. The highest BCUT2D eigenvalue weighted by Crippen LogP contribution is 2.26. The zero-order valence-corrected chi connectivity index (χ0v) is 17.8. The average molecular weight is 412 g/mol. The minimum Gasteiger partial charge on any atom is -0.368 e. The number of aromatic nitrogens is 3. The van der Waals surface area contributed by atoms with Gasteiger partial charge in [0.1, 0.15) is 0 Å². The number of amides is 1. The van der Waals surface area contributed by atoms with Crippen LogP contribution >= 0.6 is 0 Å². The standard InChI is InChI=1S/C25H25N5O/c1-18-8-10-19(11-9-18)23-16-21(22-17-26-28(2)24(22)27-23)25(31)30-14-12-29(13-15-30)20-6-4-3-5-7-20/h3-11,16-17H,12-15H2,1-2H3. The first-order chi connectivity index (χ1) is 15.1. The van der Waals surface area contributed by atoms with E-state index in [2.05, 4.69) is 53.3 Å². The van der Waals surface area contributed by atoms with Crippen LogP contribution in [0.25, 0.3) is 22.3 Å². The molecule has 0 aliphatic carbocycles. The first-order valence-corrected chi connectivity index (χ1v) is 10.6. The second-order valence-electron chi connectivity index (χ2n) is 8.04. The van der Waals surface area contributed by atoms with Gasteiger partial charge < -0.3 is 9.80 Å². The topological polar surface area (TPSA) is 54.3 Å². The molecule has 1 saturated heterocycles. The maximum absolute atomic E-state index is 13.5. The van der Waals surface area contributed by atoms with Gasteiger partial charge >= 0.3 is 0 Å². The van der Waals surface area contributed by atoms with Gasteiger partial charge in [-0.15, -0.1) is 0 Å². The molecular weight excluding hydrogens is 386 g/mol. The molecule has 0 atom stereocenters. The Labute approximate surface area is 181 Å². The molecule has 0 N–H and O–H groups in total. The van der Waals surface area contributed by atoms with Crippen LogP contribution < -0.4 is 4.90 Å². The van der Waals surface area contributed by atoms with Crippen molar-refractivity contribution < 1.29 is 4.79 Å². The minimum atomic E-state index is 0.0430. The highest BCUT2D eigenvalue weighted by Gasteiger charge is 2.25. The Morgan fingerprint density at radius 3 is 2.35 bits per heavy atom. The summed E-state index contributed by atoms with van der Waals surface area (Å²) in [6, 6.07) is 20.5. The lowest BCUT2D eigenvalue weighted by molar-refractivity contribution is 0.0748. The van der Waals surface area contributed by atoms with E-state index in [1.807, 2.05) is 36.2 Å². The summed E-state index contributed by atoms with van der Waals surface area (Å²) in [5.41, 5.74) is 5.58. The lowest BCUT2D eigenvalue weighted by Gasteiger charge is -2.36. The van der Waals surface area contributed by atoms with Crippen LogP contribution in [0.1, 0.15) is 15.9 Å². The van der Waals surface area contributed by atoms with E-state index in [1.165, 1.54) is 11.3 Å². The van der Waals surface area contributed by atoms with Gasteiger partial charge in [-0.3, -0.25) is 9.48 Å². The van der Waals surface area contributed by atoms with Crippen molar-refractivity contribution in [1.82, 2.24) is 19.7 Å². The van der Waals surface area contributed by atoms with Crippen molar-refractivity contribution in [2.24, 2.45) is 7.05 Å². The van der Waals surface area contributed by atoms with E-state index in [-0.39, 0.29) is 5.91 Å². The van der Waals surface area contributed by atoms with E-state index in [0.29, 0.717) is 18.7 Å². The molecule has 5 rings (SSSR count). The Bertz CT molecular complexity index is 1220. The number of para-hydroxylation sites is 1. The summed E-state index contributed by atoms with van der Waals surface area (Å²) in [5, 5.41) is 5.16. The number of benzene rings is 2. The molecule has 2 aromatic heterocycles. The largest absolute Gasteiger partial charge is 0.368 e. The number of carbonyl (C=O) groups is 1. The molecule has 6 heteroatoms. The van der Waals surface area contributed by atoms with Gasteiger partial charge in [-0.25, -0.2) is 4.98 Å². The molecule has 0 spiro atoms. The van der Waals surface area contributed by atoms with E-state index >= 15 is 0 Å². The number of piperazine rings is 1. The second-order valence-corrected chi connectivity index (χ2v) is 8.04. The fourth-order valence-electron chi connectivity index (χ4n) is 4.14. The number of rotatable bonds is 3. The highest BCUT2D eigenvalue weighted by atomic mass is 16.2. The predicted molar refractivity (Wildman–Crippen MR) is 123 cm³/mol. The Morgan fingerprint density at radius 1 is 0.935 bits per heavy atom. The van der Waals surface area contributed by atoms with E-state index in [1.54, 1.807) is 10.9 Å². The maximum Gasteiger partial charge on any atom is 0.254 e. The molecule has 0 saturated carbocycles. The molecule has 156 valence electrons. The lowest BCUT2D eigenvalue weighted by atomic mass is 10.0. The van der Waals surface area contributed by atoms with Crippen LogP contribution in [0.2, 0.25) is 0 Å². The van der Waals surface area contributed by atoms with Crippen LogP contribution in [-0.2, 0) is 7.05 Å². The highest BCUT2D eigenvalue weighted by molar-refractivity contribution is 6.06. The summed E-state index contributed by atoms with van der Waals surface area (Å²) in [6.07, 6.45) is 1.74. The molecular formula is C25H25N5O. The fraction of sp³-hybridized carbons (Fsp3) is 0.240. The van der Waals surface area contributed by atoms with Crippen molar-refractivity contribution >= 4 is 22.6 Å². The molecule has 0 radical (unpaired) electrons. The van der Waals surface area contributed by atoms with Crippen molar-refractivity contribution in [2.75, 3.05) is 31.1 Å².